The van der Waals surface area contributed by atoms with E-state index < -0.39 is 0 Å². The Kier molecular flexibility index (Phi) is 4.59. The molecule has 0 spiro atoms. The first-order chi connectivity index (χ1) is 10.6. The van der Waals surface area contributed by atoms with E-state index in [1.165, 1.54) is 12.1 Å². The van der Waals surface area contributed by atoms with Crippen molar-refractivity contribution in [2.24, 2.45) is 0 Å². The molecule has 0 radical (unpaired) electrons. The molecule has 0 unspecified atom stereocenters. The molecule has 2 saturated heterocycles. The van der Waals surface area contributed by atoms with Crippen LogP contribution in [0.25, 0.3) is 0 Å². The van der Waals surface area contributed by atoms with Gasteiger partial charge in [0, 0.05) is 36.3 Å². The van der Waals surface area contributed by atoms with Gasteiger partial charge in [-0.1, -0.05) is 0 Å². The van der Waals surface area contributed by atoms with E-state index in [1.807, 2.05) is 0 Å². The second-order valence-corrected chi connectivity index (χ2v) is 6.34. The van der Waals surface area contributed by atoms with Crippen LogP contribution in [0.5, 0.6) is 5.75 Å². The predicted octanol–water partition coefficient (Wildman–Crippen LogP) is 2.49. The van der Waals surface area contributed by atoms with Crippen molar-refractivity contribution < 1.29 is 10.0 Å². The molecular formula is C16H23N3O3. The van der Waals surface area contributed by atoms with E-state index in [-0.39, 0.29) is 16.4 Å². The fraction of sp³-hybridized carbons (Fsp3) is 0.625. The zero-order valence-corrected chi connectivity index (χ0v) is 12.8. The Balaban J connectivity index is 1.85. The Morgan fingerprint density at radius 3 is 1.73 bits per heavy atom. The third-order valence-corrected chi connectivity index (χ3v) is 4.65. The molecule has 0 aromatic heterocycles. The van der Waals surface area contributed by atoms with Gasteiger partial charge in [0.25, 0.3) is 5.69 Å². The zero-order chi connectivity index (χ0) is 15.5. The maximum Gasteiger partial charge on any atom is 0.270 e. The van der Waals surface area contributed by atoms with E-state index >= 15 is 0 Å². The number of phenolic OH excluding ortho intramolecular Hbond substituents is 1. The summed E-state index contributed by atoms with van der Waals surface area (Å²) in [7, 11) is 0. The Morgan fingerprint density at radius 1 is 0.955 bits per heavy atom. The first kappa shape index (κ1) is 15.2. The van der Waals surface area contributed by atoms with Crippen LogP contribution in [0, 0.1) is 10.1 Å². The van der Waals surface area contributed by atoms with Crippen molar-refractivity contribution in [3.63, 3.8) is 0 Å². The van der Waals surface area contributed by atoms with Gasteiger partial charge in [0.1, 0.15) is 5.75 Å². The van der Waals surface area contributed by atoms with E-state index in [1.54, 1.807) is 0 Å². The second-order valence-electron chi connectivity index (χ2n) is 6.34. The van der Waals surface area contributed by atoms with Crippen molar-refractivity contribution in [2.45, 2.75) is 38.8 Å². The van der Waals surface area contributed by atoms with Crippen LogP contribution in [0.1, 0.15) is 36.8 Å². The summed E-state index contributed by atoms with van der Waals surface area (Å²) in [5.41, 5.74) is 1.46. The van der Waals surface area contributed by atoms with Gasteiger partial charge in [-0.05, 0) is 51.9 Å². The highest BCUT2D eigenvalue weighted by molar-refractivity contribution is 5.49. The minimum Gasteiger partial charge on any atom is -0.507 e. The minimum absolute atomic E-state index is 0.0844. The van der Waals surface area contributed by atoms with Crippen LogP contribution >= 0.6 is 0 Å². The molecule has 1 aromatic rings. The minimum atomic E-state index is -0.361. The van der Waals surface area contributed by atoms with Crippen LogP contribution in [-0.4, -0.2) is 46.0 Å². The quantitative estimate of drug-likeness (QED) is 0.668. The lowest BCUT2D eigenvalue weighted by molar-refractivity contribution is -0.385. The number of hydrogen-bond donors (Lipinski definition) is 1. The average Bonchev–Trinajstić information content (AvgIpc) is 3.16. The smallest absolute Gasteiger partial charge is 0.270 e. The van der Waals surface area contributed by atoms with Gasteiger partial charge in [0.15, 0.2) is 0 Å². The zero-order valence-electron chi connectivity index (χ0n) is 12.8. The molecule has 0 amide bonds. The predicted molar refractivity (Wildman–Crippen MR) is 83.8 cm³/mol. The Bertz CT molecular complexity index is 511. The van der Waals surface area contributed by atoms with Crippen molar-refractivity contribution in [1.82, 2.24) is 9.80 Å². The van der Waals surface area contributed by atoms with Crippen molar-refractivity contribution in [3.8, 4) is 5.75 Å². The molecule has 2 aliphatic heterocycles. The van der Waals surface area contributed by atoms with E-state index in [2.05, 4.69) is 9.80 Å². The fourth-order valence-electron chi connectivity index (χ4n) is 3.45. The molecule has 0 saturated carbocycles. The molecule has 22 heavy (non-hydrogen) atoms. The molecule has 3 rings (SSSR count). The van der Waals surface area contributed by atoms with Crippen molar-refractivity contribution in [2.75, 3.05) is 26.2 Å². The topological polar surface area (TPSA) is 69.8 Å². The van der Waals surface area contributed by atoms with Gasteiger partial charge >= 0.3 is 0 Å². The van der Waals surface area contributed by atoms with E-state index in [0.717, 1.165) is 51.9 Å². The van der Waals surface area contributed by atoms with Gasteiger partial charge in [0.2, 0.25) is 0 Å². The number of likely N-dealkylation sites (tertiary alicyclic amines) is 2. The number of rotatable bonds is 5. The summed E-state index contributed by atoms with van der Waals surface area (Å²) >= 11 is 0. The molecule has 0 atom stereocenters. The van der Waals surface area contributed by atoms with E-state index in [4.69, 9.17) is 0 Å². The van der Waals surface area contributed by atoms with Gasteiger partial charge < -0.3 is 5.11 Å². The first-order valence-corrected chi connectivity index (χ1v) is 8.07. The van der Waals surface area contributed by atoms with E-state index in [9.17, 15) is 15.2 Å². The first-order valence-electron chi connectivity index (χ1n) is 8.07. The second kappa shape index (κ2) is 6.62. The summed E-state index contributed by atoms with van der Waals surface area (Å²) in [6.45, 7) is 5.21. The lowest BCUT2D eigenvalue weighted by atomic mass is 10.1. The normalized spacial score (nSPS) is 19.8. The number of benzene rings is 1. The molecule has 6 nitrogen and oxygen atoms in total. The third-order valence-electron chi connectivity index (χ3n) is 4.65. The van der Waals surface area contributed by atoms with Crippen molar-refractivity contribution in [1.29, 1.82) is 0 Å². The van der Waals surface area contributed by atoms with Crippen molar-refractivity contribution >= 4 is 5.69 Å². The summed E-state index contributed by atoms with van der Waals surface area (Å²) in [4.78, 5) is 15.3. The molecular weight excluding hydrogens is 282 g/mol. The number of phenols is 1. The number of nitrogens with zero attached hydrogens (tertiary/aromatic N) is 3. The summed E-state index contributed by atoms with van der Waals surface area (Å²) < 4.78 is 0. The lowest BCUT2D eigenvalue weighted by Gasteiger charge is -2.19. The molecule has 2 fully saturated rings. The van der Waals surface area contributed by atoms with Crippen molar-refractivity contribution in [3.05, 3.63) is 33.4 Å². The lowest BCUT2D eigenvalue weighted by Crippen LogP contribution is -2.20. The SMILES string of the molecule is O=[N+]([O-])c1cc(CN2CCCC2)c(O)c(CN2CCCC2)c1. The number of hydrogen-bond acceptors (Lipinski definition) is 5. The van der Waals surface area contributed by atoms with Crippen LogP contribution in [0.4, 0.5) is 5.69 Å². The third kappa shape index (κ3) is 3.39. The Hall–Kier alpha value is -1.66. The maximum absolute atomic E-state index is 11.2. The van der Waals surface area contributed by atoms with Gasteiger partial charge in [-0.25, -0.2) is 0 Å². The molecule has 2 heterocycles. The number of nitro groups is 1. The van der Waals surface area contributed by atoms with Gasteiger partial charge in [-0.15, -0.1) is 0 Å². The largest absolute Gasteiger partial charge is 0.507 e. The van der Waals surface area contributed by atoms with Crippen LogP contribution in [-0.2, 0) is 13.1 Å². The summed E-state index contributed by atoms with van der Waals surface area (Å²) in [6.07, 6.45) is 4.65. The molecule has 1 aromatic carbocycles. The molecule has 120 valence electrons. The van der Waals surface area contributed by atoms with Gasteiger partial charge in [-0.2, -0.15) is 0 Å². The molecule has 0 bridgehead atoms. The summed E-state index contributed by atoms with van der Waals surface area (Å²) in [6, 6.07) is 3.06. The van der Waals surface area contributed by atoms with E-state index in [0.29, 0.717) is 24.2 Å². The summed E-state index contributed by atoms with van der Waals surface area (Å²) in [5, 5.41) is 21.7. The van der Waals surface area contributed by atoms with Gasteiger partial charge in [0.05, 0.1) is 4.92 Å². The highest BCUT2D eigenvalue weighted by Crippen LogP contribution is 2.31. The summed E-state index contributed by atoms with van der Waals surface area (Å²) in [5.74, 6) is 0.240. The number of nitro benzene ring substituents is 1. The van der Waals surface area contributed by atoms with Crippen LogP contribution in [0.15, 0.2) is 12.1 Å². The highest BCUT2D eigenvalue weighted by Gasteiger charge is 2.22. The maximum atomic E-state index is 11.2. The fourth-order valence-corrected chi connectivity index (χ4v) is 3.45. The Labute approximate surface area is 130 Å². The monoisotopic (exact) mass is 305 g/mol. The standard InChI is InChI=1S/C16H23N3O3/c20-16-13(11-17-5-1-2-6-17)9-15(19(21)22)10-14(16)12-18-7-3-4-8-18/h9-10,20H,1-8,11-12H2. The number of non-ortho nitro benzene ring substituents is 1. The molecule has 1 N–H and O–H groups in total. The van der Waals surface area contributed by atoms with Crippen LogP contribution in [0.3, 0.4) is 0 Å². The molecule has 0 aliphatic carbocycles. The highest BCUT2D eigenvalue weighted by atomic mass is 16.6. The van der Waals surface area contributed by atoms with Crippen LogP contribution < -0.4 is 0 Å². The molecule has 6 heteroatoms. The van der Waals surface area contributed by atoms with Gasteiger partial charge in [-0.3, -0.25) is 19.9 Å². The molecule has 2 aliphatic rings. The Morgan fingerprint density at radius 2 is 1.36 bits per heavy atom. The van der Waals surface area contributed by atoms with Crippen LogP contribution in [0.2, 0.25) is 0 Å². The number of aromatic hydroxyl groups is 1. The average molecular weight is 305 g/mol.